The summed E-state index contributed by atoms with van der Waals surface area (Å²) in [5, 5.41) is 23.5. The van der Waals surface area contributed by atoms with Gasteiger partial charge in [-0.15, -0.1) is 0 Å². The molecule has 4 aliphatic heterocycles. The number of benzene rings is 4. The van der Waals surface area contributed by atoms with Crippen molar-refractivity contribution in [3.05, 3.63) is 143 Å². The number of carbonyl (C=O) groups excluding carboxylic acids is 12. The maximum Gasteiger partial charge on any atom is 0.270 e. The lowest BCUT2D eigenvalue weighted by Gasteiger charge is -2.52. The van der Waals surface area contributed by atoms with E-state index in [-0.39, 0.29) is 51.6 Å². The number of amides is 11. The number of fused-ring (bicyclic) bond motifs is 29. The van der Waals surface area contributed by atoms with E-state index < -0.39 is 201 Å². The Labute approximate surface area is 670 Å². The summed E-state index contributed by atoms with van der Waals surface area (Å²) in [6.07, 6.45) is 4.67. The Bertz CT molecular complexity index is 4730. The number of halogens is 1. The van der Waals surface area contributed by atoms with Crippen LogP contribution in [-0.2, 0) is 103 Å². The third-order valence-corrected chi connectivity index (χ3v) is 24.1. The predicted octanol–water partition coefficient (Wildman–Crippen LogP) is 3.66. The van der Waals surface area contributed by atoms with Crippen molar-refractivity contribution in [2.45, 2.75) is 177 Å². The van der Waals surface area contributed by atoms with Gasteiger partial charge in [0.05, 0.1) is 36.1 Å². The molecule has 11 atom stereocenters. The van der Waals surface area contributed by atoms with Gasteiger partial charge in [-0.1, -0.05) is 129 Å². The van der Waals surface area contributed by atoms with Gasteiger partial charge in [-0.3, -0.25) is 57.5 Å². The summed E-state index contributed by atoms with van der Waals surface area (Å²) < 4.78 is 51.9. The molecule has 30 nitrogen and oxygen atoms in total. The number of aliphatic hydroxyl groups is 1. The minimum Gasteiger partial charge on any atom is -0.365 e. The molecule has 4 aliphatic rings. The molecule has 11 amide bonds. The van der Waals surface area contributed by atoms with Gasteiger partial charge in [0.1, 0.15) is 62.0 Å². The van der Waals surface area contributed by atoms with E-state index in [0.29, 0.717) is 55.5 Å². The molecule has 33 heteroatoms. The van der Waals surface area contributed by atoms with Crippen LogP contribution in [0.25, 0.3) is 21.8 Å². The van der Waals surface area contributed by atoms with E-state index in [1.54, 1.807) is 122 Å². The minimum absolute atomic E-state index is 0.00220. The van der Waals surface area contributed by atoms with Crippen LogP contribution in [-0.4, -0.2) is 276 Å². The maximum atomic E-state index is 15.6. The average Bonchev–Trinajstić information content (AvgIpc) is 0.877. The molecule has 4 aromatic carbocycles. The number of unbranched alkanes of at least 4 members (excludes halogenated alkanes) is 5. The highest BCUT2D eigenvalue weighted by molar-refractivity contribution is 7.90. The zero-order valence-corrected chi connectivity index (χ0v) is 68.4. The van der Waals surface area contributed by atoms with Crippen molar-refractivity contribution in [2.24, 2.45) is 5.92 Å². The Balaban J connectivity index is 1.12. The molecule has 7 N–H and O–H groups in total. The van der Waals surface area contributed by atoms with Crippen LogP contribution in [0.5, 0.6) is 0 Å². The van der Waals surface area contributed by atoms with Gasteiger partial charge in [0, 0.05) is 139 Å². The molecule has 10 rings (SSSR count). The number of H-pyrrole nitrogens is 2. The quantitative estimate of drug-likeness (QED) is 0.0290. The summed E-state index contributed by atoms with van der Waals surface area (Å²) >= 11 is 6.31. The summed E-state index contributed by atoms with van der Waals surface area (Å²) in [7, 11) is -1.13. The van der Waals surface area contributed by atoms with Crippen LogP contribution in [0.1, 0.15) is 113 Å². The molecule has 1 unspecified atom stereocenters. The fourth-order valence-electron chi connectivity index (χ4n) is 15.4. The number of rotatable bonds is 22. The van der Waals surface area contributed by atoms with E-state index in [1.165, 1.54) is 49.9 Å². The lowest BCUT2D eigenvalue weighted by atomic mass is 9.85. The third-order valence-electron chi connectivity index (χ3n) is 21.9. The highest BCUT2D eigenvalue weighted by Crippen LogP contribution is 2.34. The summed E-state index contributed by atoms with van der Waals surface area (Å²) in [6, 6.07) is 16.1. The first-order chi connectivity index (χ1) is 54.0. The van der Waals surface area contributed by atoms with Crippen LogP contribution < -0.4 is 21.3 Å². The number of sulfone groups is 2. The van der Waals surface area contributed by atoms with E-state index in [2.05, 4.69) is 38.2 Å². The number of Topliss-reactive ketones (excluding diaryl/α,β-unsaturated/α-hetero) is 1. The van der Waals surface area contributed by atoms with Crippen molar-refractivity contribution in [2.75, 3.05) is 78.9 Å². The minimum atomic E-state index is -3.93. The number of hydrogen-bond acceptors (Lipinski definition) is 17. The Kier molecular flexibility index (Phi) is 30.3. The van der Waals surface area contributed by atoms with E-state index in [1.807, 2.05) is 0 Å². The summed E-state index contributed by atoms with van der Waals surface area (Å²) in [5.41, 5.74) is 3.50. The molecule has 0 radical (unpaired) electrons. The van der Waals surface area contributed by atoms with Gasteiger partial charge < -0.3 is 70.6 Å². The van der Waals surface area contributed by atoms with Crippen LogP contribution in [0.3, 0.4) is 0 Å². The van der Waals surface area contributed by atoms with E-state index in [4.69, 9.17) is 11.6 Å². The normalized spacial score (nSPS) is 23.8. The second-order valence-electron chi connectivity index (χ2n) is 30.5. The van der Waals surface area contributed by atoms with Crippen LogP contribution in [0.15, 0.2) is 116 Å². The first-order valence-corrected chi connectivity index (χ1v) is 43.1. The molecule has 6 heterocycles. The third kappa shape index (κ3) is 22.7. The number of carbonyl (C=O) groups is 12. The van der Waals surface area contributed by atoms with Crippen molar-refractivity contribution in [3.63, 3.8) is 0 Å². The van der Waals surface area contributed by atoms with Gasteiger partial charge in [0.25, 0.3) is 5.91 Å². The van der Waals surface area contributed by atoms with Crippen molar-refractivity contribution in [1.82, 2.24) is 65.5 Å². The van der Waals surface area contributed by atoms with Gasteiger partial charge in [0.2, 0.25) is 65.3 Å². The Morgan fingerprint density at radius 2 is 1.08 bits per heavy atom. The van der Waals surface area contributed by atoms with Crippen molar-refractivity contribution < 1.29 is 79.5 Å². The molecular weight excluding hydrogens is 1530 g/mol. The van der Waals surface area contributed by atoms with E-state index >= 15 is 33.6 Å². The number of aliphatic hydroxyl groups excluding tert-OH is 1. The van der Waals surface area contributed by atoms with Crippen molar-refractivity contribution in [3.8, 4) is 0 Å². The highest BCUT2D eigenvalue weighted by atomic mass is 35.5. The molecule has 2 bridgehead atoms. The number of hydrogen-bond donors (Lipinski definition) is 7. The zero-order chi connectivity index (χ0) is 83.0. The second kappa shape index (κ2) is 39.3. The lowest BCUT2D eigenvalue weighted by Crippen LogP contribution is -2.74. The number of β-lactam (4-membered cyclic amide) rings is 1. The first kappa shape index (κ1) is 87.9. The van der Waals surface area contributed by atoms with Crippen molar-refractivity contribution in [1.29, 1.82) is 0 Å². The number of aromatic nitrogens is 2. The van der Waals surface area contributed by atoms with Gasteiger partial charge in [-0.25, -0.2) is 16.8 Å². The fraction of sp³-hybridized carbons (Fsp3) is 0.506. The van der Waals surface area contributed by atoms with Gasteiger partial charge >= 0.3 is 0 Å². The Morgan fingerprint density at radius 1 is 0.561 bits per heavy atom. The fourth-order valence-corrected chi connectivity index (χ4v) is 16.8. The largest absolute Gasteiger partial charge is 0.365 e. The van der Waals surface area contributed by atoms with E-state index in [0.717, 1.165) is 64.2 Å². The number of ketones is 1. The van der Waals surface area contributed by atoms with Gasteiger partial charge in [0.15, 0.2) is 5.78 Å². The Hall–Kier alpha value is -10.1. The smallest absolute Gasteiger partial charge is 0.270 e. The molecule has 0 spiro atoms. The van der Waals surface area contributed by atoms with Gasteiger partial charge in [-0.05, 0) is 85.5 Å². The standard InChI is InChI=1S/C81H106ClN13O17S2/c1-10-11-12-13-14-22-37-89(3)76(103)53-45-68(96)65(44-55-48-84-60-29-21-19-27-58(55)60)95-50(2)71(81(95)108)93(7)78(105)62(36-40-114(9,111)112)85-72(99)66(42-52-31-33-56(82)34-32-52)91(5)70(98)49-90(4)80(107)64-30-23-38-94(64)79(106)63(43-54-47-83-59-28-20-18-26-57(54)59)87-73(100)67(41-51-24-16-15-17-25-51)92(6)77(104)61(35-39-113(8,109)110)86-74(101)75(102)88-69(97)46-53/h15-21,24-29,31-34,47-48,50,53,61-67,71,75,83-84,102H,10-14,22-23,30,35-46,49H2,1-9H3,(H,85,99)(H,86,101)(H,87,100)(H,88,97)/t50?,53-,61-,62-,63-,64-,65-,66-,67-,71+,75-/m0/s1. The van der Waals surface area contributed by atoms with Crippen LogP contribution >= 0.6 is 11.6 Å². The monoisotopic (exact) mass is 1630 g/mol. The average molecular weight is 1630 g/mol. The lowest BCUT2D eigenvalue weighted by molar-refractivity contribution is -0.169. The summed E-state index contributed by atoms with van der Waals surface area (Å²) in [6.45, 7) is 3.18. The number of nitrogens with zero attached hydrogens (tertiary/aromatic N) is 7. The number of para-hydroxylation sites is 2. The molecular formula is C81H106ClN13O17S2. The Morgan fingerprint density at radius 3 is 1.66 bits per heavy atom. The predicted molar refractivity (Wildman–Crippen MR) is 429 cm³/mol. The molecule has 616 valence electrons. The van der Waals surface area contributed by atoms with Crippen LogP contribution in [0, 0.1) is 5.92 Å². The number of aromatic amines is 2. The molecule has 6 aromatic rings. The van der Waals surface area contributed by atoms with Crippen molar-refractivity contribution >= 4 is 124 Å². The molecule has 114 heavy (non-hydrogen) atoms. The topological polar surface area (TPSA) is 396 Å². The summed E-state index contributed by atoms with van der Waals surface area (Å²) in [4.78, 5) is 196. The van der Waals surface area contributed by atoms with E-state index in [9.17, 15) is 45.9 Å². The molecule has 4 saturated heterocycles. The second-order valence-corrected chi connectivity index (χ2v) is 35.5. The molecule has 4 fully saturated rings. The molecule has 0 saturated carbocycles. The zero-order valence-electron chi connectivity index (χ0n) is 66.0. The molecule has 2 aromatic heterocycles. The van der Waals surface area contributed by atoms with Crippen LogP contribution in [0.4, 0.5) is 0 Å². The first-order valence-electron chi connectivity index (χ1n) is 38.6. The van der Waals surface area contributed by atoms with Crippen LogP contribution in [0.2, 0.25) is 5.02 Å². The van der Waals surface area contributed by atoms with Gasteiger partial charge in [-0.2, -0.15) is 0 Å². The SMILES string of the molecule is CCCCCCCCN(C)C(=O)[C@@H]1CC(=O)N[C@@H](O)C(=O)N[C@@H](CCS(C)(=O)=O)C(=O)N(C)[C@@H](Cc2ccccc2)C(=O)N[C@@H](Cc2c[nH]c3ccccc23)C(=O)N2CCC[C@H]2C(=O)N(C)CC(=O)N(C)[C@@H](Cc2ccc(Cl)cc2)C(=O)N[C@@H](CCS(C)(=O)=O)C(=O)N(C)[C@H]2C(=O)N(C2C)[C@@H](Cc2c[nH]c3ccccc23)C(=O)C1. The summed E-state index contributed by atoms with van der Waals surface area (Å²) in [5.74, 6) is -13.6. The number of likely N-dealkylation sites (N-methyl/N-ethyl adjacent to an activating group) is 4. The number of nitrogens with one attached hydrogen (secondary N) is 6. The maximum absolute atomic E-state index is 15.6. The highest BCUT2D eigenvalue weighted by Gasteiger charge is 2.54. The molecule has 0 aliphatic carbocycles.